The van der Waals surface area contributed by atoms with Gasteiger partial charge in [-0.15, -0.1) is 0 Å². The summed E-state index contributed by atoms with van der Waals surface area (Å²) < 4.78 is 27.1. The molecule has 6 rings (SSSR count). The van der Waals surface area contributed by atoms with E-state index in [1.54, 1.807) is 24.3 Å². The smallest absolute Gasteiger partial charge is 0.235 e. The maximum Gasteiger partial charge on any atom is 0.235 e. The number of aryl methyl sites for hydroxylation is 4. The molecule has 49 heavy (non-hydrogen) atoms. The minimum Gasteiger partial charge on any atom is -0.507 e. The summed E-state index contributed by atoms with van der Waals surface area (Å²) in [6.07, 6.45) is 1.40. The van der Waals surface area contributed by atoms with Crippen LogP contribution in [0.1, 0.15) is 52.5 Å². The van der Waals surface area contributed by atoms with Gasteiger partial charge in [0, 0.05) is 29.7 Å². The van der Waals surface area contributed by atoms with E-state index in [-0.39, 0.29) is 16.4 Å². The largest absolute Gasteiger partial charge is 0.507 e. The van der Waals surface area contributed by atoms with E-state index in [9.17, 15) is 23.1 Å². The Morgan fingerprint density at radius 2 is 1.57 bits per heavy atom. The second-order valence-corrected chi connectivity index (χ2v) is 14.0. The summed E-state index contributed by atoms with van der Waals surface area (Å²) in [6.45, 7) is 9.75. The molecular weight excluding hydrogens is 637 g/mol. The fourth-order valence-corrected chi connectivity index (χ4v) is 6.87. The molecule has 0 unspecified atom stereocenters. The molecule has 0 saturated heterocycles. The third-order valence-electron chi connectivity index (χ3n) is 8.24. The van der Waals surface area contributed by atoms with Gasteiger partial charge >= 0.3 is 0 Å². The summed E-state index contributed by atoms with van der Waals surface area (Å²) in [5, 5.41) is 14.2. The van der Waals surface area contributed by atoms with Crippen LogP contribution in [0.3, 0.4) is 0 Å². The molecule has 2 heterocycles. The predicted molar refractivity (Wildman–Crippen MR) is 193 cm³/mol. The van der Waals surface area contributed by atoms with E-state index in [0.717, 1.165) is 62.3 Å². The summed E-state index contributed by atoms with van der Waals surface area (Å²) in [4.78, 5) is 32.9. The number of nitrogens with one attached hydrogen (secondary N) is 1. The van der Waals surface area contributed by atoms with Crippen molar-refractivity contribution in [1.82, 2.24) is 19.9 Å². The lowest BCUT2D eigenvalue weighted by molar-refractivity contribution is -0.118. The molecule has 0 bridgehead atoms. The Bertz CT molecular complexity index is 2260. The number of hydrogen-bond acceptors (Lipinski definition) is 7. The number of Topliss-reactive ketones (excluding diaryl/α,β-unsaturated/α-hetero) is 1. The standard InChI is InChI=1S/C27H30N4O3S.C12H10O2/c1-5-25-30-27-20(4)29-19(3)16-24(27)31(25)22-10-8-21(9-11-22)14-15-28-26(32)17-35(33,34)23-12-6-18(2)7-13-23;1-8(13)10-7-6-9-4-2-3-5-11(9)12(10)14/h6-13,16H,5,14-15,17H2,1-4H3,(H,28,32);2-7,14H,1H3. The predicted octanol–water partition coefficient (Wildman–Crippen LogP) is 6.79. The Hall–Kier alpha value is -5.35. The van der Waals surface area contributed by atoms with Crippen molar-refractivity contribution in [2.24, 2.45) is 0 Å². The van der Waals surface area contributed by atoms with E-state index in [4.69, 9.17) is 4.98 Å². The maximum absolute atomic E-state index is 12.5. The van der Waals surface area contributed by atoms with Gasteiger partial charge in [0.2, 0.25) is 5.91 Å². The van der Waals surface area contributed by atoms with E-state index in [0.29, 0.717) is 18.5 Å². The average molecular weight is 677 g/mol. The van der Waals surface area contributed by atoms with Gasteiger partial charge in [-0.05, 0) is 81.5 Å². The molecule has 2 N–H and O–H groups in total. The number of pyridine rings is 1. The van der Waals surface area contributed by atoms with E-state index < -0.39 is 21.5 Å². The van der Waals surface area contributed by atoms with Crippen LogP contribution in [0.4, 0.5) is 0 Å². The molecule has 4 aromatic carbocycles. The number of aromatic hydroxyl groups is 1. The second-order valence-electron chi connectivity index (χ2n) is 12.0. The zero-order valence-corrected chi connectivity index (χ0v) is 29.1. The molecule has 0 fully saturated rings. The minimum atomic E-state index is -3.66. The van der Waals surface area contributed by atoms with Gasteiger partial charge in [0.05, 0.1) is 21.7 Å². The van der Waals surface area contributed by atoms with Crippen LogP contribution in [0.15, 0.2) is 95.9 Å². The number of fused-ring (bicyclic) bond motifs is 2. The number of carbonyl (C=O) groups is 2. The number of imidazole rings is 1. The Kier molecular flexibility index (Phi) is 10.6. The average Bonchev–Trinajstić information content (AvgIpc) is 3.44. The highest BCUT2D eigenvalue weighted by atomic mass is 32.2. The SMILES string of the molecule is CC(=O)c1ccc2ccccc2c1O.CCc1nc2c(C)nc(C)cc2n1-c1ccc(CCNC(=O)CS(=O)(=O)c2ccc(C)cc2)cc1. The number of amides is 1. The number of sulfone groups is 1. The molecule has 9 nitrogen and oxygen atoms in total. The first kappa shape index (κ1) is 35.0. The Morgan fingerprint density at radius 3 is 2.24 bits per heavy atom. The summed E-state index contributed by atoms with van der Waals surface area (Å²) >= 11 is 0. The zero-order valence-electron chi connectivity index (χ0n) is 28.3. The van der Waals surface area contributed by atoms with E-state index in [1.807, 2.05) is 69.3 Å². The molecule has 1 amide bonds. The molecule has 10 heteroatoms. The third kappa shape index (κ3) is 8.04. The quantitative estimate of drug-likeness (QED) is 0.161. The number of nitrogens with zero attached hydrogens (tertiary/aromatic N) is 3. The van der Waals surface area contributed by atoms with Crippen LogP contribution in [0.25, 0.3) is 27.5 Å². The highest BCUT2D eigenvalue weighted by molar-refractivity contribution is 7.92. The molecule has 2 aromatic heterocycles. The summed E-state index contributed by atoms with van der Waals surface area (Å²) in [7, 11) is -3.66. The Labute approximate surface area is 286 Å². The van der Waals surface area contributed by atoms with Gasteiger partial charge in [-0.1, -0.05) is 67.1 Å². The van der Waals surface area contributed by atoms with Crippen molar-refractivity contribution in [3.8, 4) is 11.4 Å². The monoisotopic (exact) mass is 676 g/mol. The summed E-state index contributed by atoms with van der Waals surface area (Å²) in [5.41, 5.74) is 7.25. The maximum atomic E-state index is 12.5. The highest BCUT2D eigenvalue weighted by Gasteiger charge is 2.19. The van der Waals surface area contributed by atoms with E-state index in [2.05, 4.69) is 27.9 Å². The van der Waals surface area contributed by atoms with Gasteiger partial charge in [-0.3, -0.25) is 19.1 Å². The Balaban J connectivity index is 0.000000278. The fourth-order valence-electron chi connectivity index (χ4n) is 5.70. The zero-order chi connectivity index (χ0) is 35.3. The second kappa shape index (κ2) is 14.8. The fraction of sp³-hybridized carbons (Fsp3) is 0.231. The van der Waals surface area contributed by atoms with Gasteiger partial charge in [0.25, 0.3) is 0 Å². The van der Waals surface area contributed by atoms with Crippen LogP contribution < -0.4 is 5.32 Å². The minimum absolute atomic E-state index is 0.0793. The van der Waals surface area contributed by atoms with Crippen LogP contribution in [-0.2, 0) is 27.5 Å². The Morgan fingerprint density at radius 1 is 0.878 bits per heavy atom. The third-order valence-corrected chi connectivity index (χ3v) is 9.88. The molecule has 0 radical (unpaired) electrons. The lowest BCUT2D eigenvalue weighted by Crippen LogP contribution is -2.31. The lowest BCUT2D eigenvalue weighted by Gasteiger charge is -2.11. The van der Waals surface area contributed by atoms with Crippen LogP contribution in [0, 0.1) is 20.8 Å². The molecule has 0 aliphatic carbocycles. The molecule has 0 aliphatic rings. The van der Waals surface area contributed by atoms with Crippen molar-refractivity contribution in [3.05, 3.63) is 125 Å². The molecule has 0 aliphatic heterocycles. The van der Waals surface area contributed by atoms with E-state index >= 15 is 0 Å². The van der Waals surface area contributed by atoms with Crippen molar-refractivity contribution in [2.75, 3.05) is 12.3 Å². The van der Waals surface area contributed by atoms with Gasteiger partial charge in [0.1, 0.15) is 22.8 Å². The first-order valence-corrected chi connectivity index (χ1v) is 17.8. The van der Waals surface area contributed by atoms with Gasteiger partial charge < -0.3 is 10.4 Å². The number of ketones is 1. The first-order chi connectivity index (χ1) is 23.4. The van der Waals surface area contributed by atoms with Crippen molar-refractivity contribution >= 4 is 43.3 Å². The topological polar surface area (TPSA) is 131 Å². The molecule has 0 saturated carbocycles. The van der Waals surface area contributed by atoms with Crippen LogP contribution in [0.5, 0.6) is 5.75 Å². The number of carbonyl (C=O) groups excluding carboxylic acids is 2. The number of aromatic nitrogens is 3. The molecule has 252 valence electrons. The van der Waals surface area contributed by atoms with Gasteiger partial charge in [-0.25, -0.2) is 13.4 Å². The number of phenols is 1. The molecule has 0 spiro atoms. The van der Waals surface area contributed by atoms with Gasteiger partial charge in [0.15, 0.2) is 15.6 Å². The number of phenolic OH excluding ortho intramolecular Hbond substituents is 1. The number of benzene rings is 4. The molecule has 6 aromatic rings. The lowest BCUT2D eigenvalue weighted by atomic mass is 10.0. The van der Waals surface area contributed by atoms with Crippen LogP contribution in [-0.4, -0.2) is 52.0 Å². The summed E-state index contributed by atoms with van der Waals surface area (Å²) in [6, 6.07) is 27.7. The van der Waals surface area contributed by atoms with Crippen molar-refractivity contribution in [1.29, 1.82) is 0 Å². The van der Waals surface area contributed by atoms with Gasteiger partial charge in [-0.2, -0.15) is 0 Å². The normalized spacial score (nSPS) is 11.3. The van der Waals surface area contributed by atoms with Crippen molar-refractivity contribution in [2.45, 2.75) is 52.4 Å². The molecule has 0 atom stereocenters. The van der Waals surface area contributed by atoms with Crippen LogP contribution >= 0.6 is 0 Å². The van der Waals surface area contributed by atoms with Crippen LogP contribution in [0.2, 0.25) is 0 Å². The summed E-state index contributed by atoms with van der Waals surface area (Å²) in [5.74, 6) is -0.121. The van der Waals surface area contributed by atoms with E-state index in [1.165, 1.54) is 19.1 Å². The highest BCUT2D eigenvalue weighted by Crippen LogP contribution is 2.29. The van der Waals surface area contributed by atoms with Crippen molar-refractivity contribution in [3.63, 3.8) is 0 Å². The first-order valence-electron chi connectivity index (χ1n) is 16.1. The number of hydrogen-bond donors (Lipinski definition) is 2. The molecular formula is C39H40N4O5S. The number of rotatable bonds is 9. The van der Waals surface area contributed by atoms with Crippen molar-refractivity contribution < 1.29 is 23.1 Å².